The molecule has 3 aromatic rings. The van der Waals surface area contributed by atoms with E-state index in [1.165, 1.54) is 0 Å². The van der Waals surface area contributed by atoms with Crippen LogP contribution in [0.3, 0.4) is 0 Å². The molecule has 3 aromatic heterocycles. The van der Waals surface area contributed by atoms with Gasteiger partial charge < -0.3 is 11.1 Å². The van der Waals surface area contributed by atoms with E-state index < -0.39 is 5.54 Å². The Morgan fingerprint density at radius 3 is 2.65 bits per heavy atom. The van der Waals surface area contributed by atoms with Crippen molar-refractivity contribution in [1.29, 1.82) is 0 Å². The molecule has 3 heterocycles. The van der Waals surface area contributed by atoms with Crippen molar-refractivity contribution in [2.75, 3.05) is 6.54 Å². The molecule has 0 bridgehead atoms. The summed E-state index contributed by atoms with van der Waals surface area (Å²) < 4.78 is 1.71. The monoisotopic (exact) mass is 415 g/mol. The second-order valence-electron chi connectivity index (χ2n) is 6.48. The highest BCUT2D eigenvalue weighted by atomic mass is 35.5. The number of aromatic nitrogens is 3. The van der Waals surface area contributed by atoms with Crippen molar-refractivity contribution in [1.82, 2.24) is 20.1 Å². The summed E-state index contributed by atoms with van der Waals surface area (Å²) in [6.07, 6.45) is 0. The minimum absolute atomic E-state index is 0. The average Bonchev–Trinajstić information content (AvgIpc) is 3.15. The minimum atomic E-state index is -0.480. The maximum absolute atomic E-state index is 12.9. The first kappa shape index (κ1) is 22.4. The Balaban J connectivity index is 0.00000169. The van der Waals surface area contributed by atoms with E-state index in [0.717, 1.165) is 21.7 Å². The van der Waals surface area contributed by atoms with E-state index in [4.69, 9.17) is 10.7 Å². The molecule has 0 radical (unpaired) electrons. The summed E-state index contributed by atoms with van der Waals surface area (Å²) >= 11 is 1.59. The van der Waals surface area contributed by atoms with Crippen molar-refractivity contribution < 1.29 is 4.79 Å². The molecule has 9 heteroatoms. The lowest BCUT2D eigenvalue weighted by molar-refractivity contribution is 0.0917. The third kappa shape index (κ3) is 4.17. The lowest BCUT2D eigenvalue weighted by Crippen LogP contribution is -2.48. The number of fused-ring (bicyclic) bond motifs is 1. The Morgan fingerprint density at radius 1 is 1.38 bits per heavy atom. The second kappa shape index (κ2) is 8.35. The van der Waals surface area contributed by atoms with E-state index in [1.54, 1.807) is 16.0 Å². The van der Waals surface area contributed by atoms with Crippen molar-refractivity contribution in [2.24, 2.45) is 12.8 Å². The smallest absolute Gasteiger partial charge is 0.252 e. The van der Waals surface area contributed by atoms with Gasteiger partial charge in [-0.05, 0) is 38.3 Å². The zero-order valence-corrected chi connectivity index (χ0v) is 17.5. The highest BCUT2D eigenvalue weighted by molar-refractivity contribution is 7.13. The van der Waals surface area contributed by atoms with Crippen LogP contribution >= 0.6 is 36.2 Å². The quantitative estimate of drug-likeness (QED) is 0.683. The Morgan fingerprint density at radius 2 is 2.08 bits per heavy atom. The van der Waals surface area contributed by atoms with Gasteiger partial charge in [0, 0.05) is 19.1 Å². The summed E-state index contributed by atoms with van der Waals surface area (Å²) in [5, 5.41) is 10.2. The normalized spacial score (nSPS) is 11.0. The van der Waals surface area contributed by atoms with E-state index in [1.807, 2.05) is 51.4 Å². The van der Waals surface area contributed by atoms with Gasteiger partial charge in [-0.2, -0.15) is 5.10 Å². The zero-order chi connectivity index (χ0) is 17.5. The van der Waals surface area contributed by atoms with Crippen LogP contribution in [-0.4, -0.2) is 32.8 Å². The molecule has 6 nitrogen and oxygen atoms in total. The minimum Gasteiger partial charge on any atom is -0.346 e. The Labute approximate surface area is 169 Å². The Bertz CT molecular complexity index is 906. The van der Waals surface area contributed by atoms with E-state index in [9.17, 15) is 4.79 Å². The molecule has 0 aliphatic carbocycles. The number of hydrogen-bond acceptors (Lipinski definition) is 5. The number of rotatable bonds is 4. The third-order valence-corrected chi connectivity index (χ3v) is 4.84. The van der Waals surface area contributed by atoms with Gasteiger partial charge in [0.1, 0.15) is 0 Å². The first-order valence-electron chi connectivity index (χ1n) is 7.73. The molecule has 0 unspecified atom stereocenters. The summed E-state index contributed by atoms with van der Waals surface area (Å²) in [5.74, 6) is -0.160. The second-order valence-corrected chi connectivity index (χ2v) is 7.43. The van der Waals surface area contributed by atoms with Crippen molar-refractivity contribution in [2.45, 2.75) is 26.3 Å². The number of nitrogens with two attached hydrogens (primary N) is 1. The lowest BCUT2D eigenvalue weighted by Gasteiger charge is -2.24. The van der Waals surface area contributed by atoms with Crippen molar-refractivity contribution in [3.8, 4) is 10.6 Å². The topological polar surface area (TPSA) is 85.8 Å². The van der Waals surface area contributed by atoms with Gasteiger partial charge in [0.2, 0.25) is 0 Å². The molecule has 0 fully saturated rings. The predicted octanol–water partition coefficient (Wildman–Crippen LogP) is 3.32. The first-order chi connectivity index (χ1) is 11.3. The van der Waals surface area contributed by atoms with Gasteiger partial charge in [-0.25, -0.2) is 4.98 Å². The van der Waals surface area contributed by atoms with Crippen LogP contribution in [0.2, 0.25) is 0 Å². The van der Waals surface area contributed by atoms with Gasteiger partial charge in [-0.1, -0.05) is 6.07 Å². The van der Waals surface area contributed by atoms with Crippen molar-refractivity contribution in [3.05, 3.63) is 34.8 Å². The summed E-state index contributed by atoms with van der Waals surface area (Å²) in [7, 11) is 1.84. The summed E-state index contributed by atoms with van der Waals surface area (Å²) in [4.78, 5) is 18.6. The van der Waals surface area contributed by atoms with E-state index in [0.29, 0.717) is 17.8 Å². The van der Waals surface area contributed by atoms with Crippen LogP contribution in [0.5, 0.6) is 0 Å². The molecule has 142 valence electrons. The number of halogens is 2. The Hall–Kier alpha value is -1.67. The van der Waals surface area contributed by atoms with Crippen LogP contribution in [0.25, 0.3) is 21.6 Å². The van der Waals surface area contributed by atoms with Crippen molar-refractivity contribution >= 4 is 53.1 Å². The van der Waals surface area contributed by atoms with Gasteiger partial charge in [-0.15, -0.1) is 36.2 Å². The van der Waals surface area contributed by atoms with Crippen LogP contribution in [-0.2, 0) is 7.05 Å². The van der Waals surface area contributed by atoms with Crippen LogP contribution in [0.1, 0.15) is 29.9 Å². The molecule has 26 heavy (non-hydrogen) atoms. The molecule has 1 amide bonds. The highest BCUT2D eigenvalue weighted by Gasteiger charge is 2.24. The number of nitrogens with zero attached hydrogens (tertiary/aromatic N) is 3. The largest absolute Gasteiger partial charge is 0.346 e. The summed E-state index contributed by atoms with van der Waals surface area (Å²) in [6.45, 7) is 6.05. The lowest BCUT2D eigenvalue weighted by atomic mass is 10.0. The SMILES string of the molecule is Cc1nn(C)c2nc(-c3cccs3)cc(C(=O)NC(C)(C)CN)c12.Cl.Cl. The zero-order valence-electron chi connectivity index (χ0n) is 15.1. The number of carbonyl (C=O) groups is 1. The molecular formula is C17H23Cl2N5OS. The fourth-order valence-corrected chi connectivity index (χ4v) is 3.29. The molecule has 0 atom stereocenters. The van der Waals surface area contributed by atoms with Gasteiger partial charge in [0.25, 0.3) is 5.91 Å². The first-order valence-corrected chi connectivity index (χ1v) is 8.61. The van der Waals surface area contributed by atoms with E-state index in [-0.39, 0.29) is 30.7 Å². The molecule has 0 aliphatic heterocycles. The summed E-state index contributed by atoms with van der Waals surface area (Å²) in [6, 6.07) is 5.80. The highest BCUT2D eigenvalue weighted by Crippen LogP contribution is 2.29. The number of thiophene rings is 1. The van der Waals surface area contributed by atoms with E-state index in [2.05, 4.69) is 10.4 Å². The molecule has 3 rings (SSSR count). The number of pyridine rings is 1. The number of aryl methyl sites for hydroxylation is 2. The van der Waals surface area contributed by atoms with Crippen LogP contribution in [0.15, 0.2) is 23.6 Å². The van der Waals surface area contributed by atoms with Crippen LogP contribution in [0.4, 0.5) is 0 Å². The van der Waals surface area contributed by atoms with Gasteiger partial charge in [0.15, 0.2) is 5.65 Å². The standard InChI is InChI=1S/C17H21N5OS.2ClH/c1-10-14-11(16(23)20-17(2,3)9-18)8-12(13-6-5-7-24-13)19-15(14)22(4)21-10;;/h5-8H,9,18H2,1-4H3,(H,20,23);2*1H. The van der Waals surface area contributed by atoms with Crippen LogP contribution in [0, 0.1) is 6.92 Å². The maximum atomic E-state index is 12.9. The maximum Gasteiger partial charge on any atom is 0.252 e. The van der Waals surface area contributed by atoms with E-state index >= 15 is 0 Å². The fraction of sp³-hybridized carbons (Fsp3) is 0.353. The van der Waals surface area contributed by atoms with Crippen LogP contribution < -0.4 is 11.1 Å². The van der Waals surface area contributed by atoms with Crippen molar-refractivity contribution in [3.63, 3.8) is 0 Å². The fourth-order valence-electron chi connectivity index (χ4n) is 2.60. The number of hydrogen-bond donors (Lipinski definition) is 2. The molecule has 0 saturated carbocycles. The third-order valence-electron chi connectivity index (χ3n) is 3.95. The average molecular weight is 416 g/mol. The number of carbonyl (C=O) groups excluding carboxylic acids is 1. The number of amides is 1. The molecule has 0 spiro atoms. The molecule has 3 N–H and O–H groups in total. The van der Waals surface area contributed by atoms with Gasteiger partial charge in [0.05, 0.1) is 27.2 Å². The molecule has 0 aliphatic rings. The van der Waals surface area contributed by atoms with Gasteiger partial charge >= 0.3 is 0 Å². The summed E-state index contributed by atoms with van der Waals surface area (Å²) in [5.41, 5.74) is 8.11. The molecule has 0 saturated heterocycles. The van der Waals surface area contributed by atoms with Gasteiger partial charge in [-0.3, -0.25) is 9.48 Å². The Kier molecular flexibility index (Phi) is 7.18. The molecular weight excluding hydrogens is 393 g/mol. The number of nitrogens with one attached hydrogen (secondary N) is 1. The predicted molar refractivity (Wildman–Crippen MR) is 112 cm³/mol. The molecule has 0 aromatic carbocycles.